The van der Waals surface area contributed by atoms with Crippen molar-refractivity contribution < 1.29 is 13.6 Å². The Morgan fingerprint density at radius 1 is 1.15 bits per heavy atom. The van der Waals surface area contributed by atoms with Gasteiger partial charge in [-0.25, -0.2) is 8.78 Å². The summed E-state index contributed by atoms with van der Waals surface area (Å²) in [5.74, 6) is -0.473. The van der Waals surface area contributed by atoms with Gasteiger partial charge in [0.2, 0.25) is 0 Å². The molecule has 0 radical (unpaired) electrons. The van der Waals surface area contributed by atoms with Gasteiger partial charge in [0.1, 0.15) is 23.8 Å². The average Bonchev–Trinajstić information content (AvgIpc) is 3.09. The van der Waals surface area contributed by atoms with Crippen LogP contribution in [0.3, 0.4) is 0 Å². The van der Waals surface area contributed by atoms with E-state index in [0.29, 0.717) is 29.7 Å². The summed E-state index contributed by atoms with van der Waals surface area (Å²) in [5.41, 5.74) is 1.79. The van der Waals surface area contributed by atoms with Gasteiger partial charge in [0.25, 0.3) is 5.91 Å². The molecule has 1 amide bonds. The lowest BCUT2D eigenvalue weighted by molar-refractivity contribution is 0.0953. The molecule has 1 N–H and O–H groups in total. The van der Waals surface area contributed by atoms with E-state index in [-0.39, 0.29) is 17.3 Å². The maximum atomic E-state index is 14.5. The number of rotatable bonds is 6. The van der Waals surface area contributed by atoms with Gasteiger partial charge in [0.15, 0.2) is 0 Å². The molecule has 3 aromatic rings. The number of nitrogens with one attached hydrogen (secondary N) is 1. The number of hydrogen-bond acceptors (Lipinski definition) is 3. The van der Waals surface area contributed by atoms with Crippen LogP contribution < -0.4 is 5.32 Å². The quantitative estimate of drug-likeness (QED) is 0.722. The van der Waals surface area contributed by atoms with Crippen molar-refractivity contribution in [3.05, 3.63) is 71.3 Å². The molecule has 0 aliphatic rings. The largest absolute Gasteiger partial charge is 0.352 e. The molecule has 0 bridgehead atoms. The van der Waals surface area contributed by atoms with Crippen LogP contribution >= 0.6 is 0 Å². The first-order valence-corrected chi connectivity index (χ1v) is 8.70. The molecule has 1 aromatic heterocycles. The van der Waals surface area contributed by atoms with Crippen LogP contribution in [0, 0.1) is 18.6 Å². The van der Waals surface area contributed by atoms with Crippen LogP contribution in [0.1, 0.15) is 28.7 Å². The lowest BCUT2D eigenvalue weighted by atomic mass is 9.98. The Morgan fingerprint density at radius 3 is 2.63 bits per heavy atom. The molecule has 0 spiro atoms. The fourth-order valence-corrected chi connectivity index (χ4v) is 2.93. The third-order valence-corrected chi connectivity index (χ3v) is 4.38. The molecule has 140 valence electrons. The topological polar surface area (TPSA) is 59.8 Å². The summed E-state index contributed by atoms with van der Waals surface area (Å²) >= 11 is 0. The highest BCUT2D eigenvalue weighted by Gasteiger charge is 2.13. The second-order valence-corrected chi connectivity index (χ2v) is 6.19. The molecule has 2 aromatic carbocycles. The lowest BCUT2D eigenvalue weighted by Gasteiger charge is -2.10. The zero-order valence-corrected chi connectivity index (χ0v) is 15.2. The second kappa shape index (κ2) is 8.07. The van der Waals surface area contributed by atoms with E-state index in [2.05, 4.69) is 15.5 Å². The van der Waals surface area contributed by atoms with Gasteiger partial charge < -0.3 is 9.88 Å². The van der Waals surface area contributed by atoms with Gasteiger partial charge in [-0.2, -0.15) is 0 Å². The van der Waals surface area contributed by atoms with E-state index in [9.17, 15) is 13.6 Å². The minimum atomic E-state index is -0.525. The summed E-state index contributed by atoms with van der Waals surface area (Å²) in [5, 5.41) is 10.6. The Kier molecular flexibility index (Phi) is 5.59. The van der Waals surface area contributed by atoms with Gasteiger partial charge >= 0.3 is 0 Å². The lowest BCUT2D eigenvalue weighted by Crippen LogP contribution is -2.26. The summed E-state index contributed by atoms with van der Waals surface area (Å²) < 4.78 is 29.7. The second-order valence-electron chi connectivity index (χ2n) is 6.19. The van der Waals surface area contributed by atoms with E-state index in [1.807, 2.05) is 11.5 Å². The molecule has 0 aliphatic heterocycles. The van der Waals surface area contributed by atoms with E-state index in [1.54, 1.807) is 19.3 Å². The summed E-state index contributed by atoms with van der Waals surface area (Å²) in [4.78, 5) is 12.3. The molecule has 0 saturated heterocycles. The molecule has 5 nitrogen and oxygen atoms in total. The van der Waals surface area contributed by atoms with Crippen LogP contribution in [0.25, 0.3) is 11.1 Å². The normalized spacial score (nSPS) is 10.8. The van der Waals surface area contributed by atoms with Gasteiger partial charge in [-0.3, -0.25) is 4.79 Å². The van der Waals surface area contributed by atoms with E-state index in [4.69, 9.17) is 0 Å². The number of nitrogens with zero attached hydrogens (tertiary/aromatic N) is 3. The molecule has 0 unspecified atom stereocenters. The number of aromatic nitrogens is 3. The van der Waals surface area contributed by atoms with Crippen LogP contribution in [-0.4, -0.2) is 27.2 Å². The molecule has 3 rings (SSSR count). The smallest absolute Gasteiger partial charge is 0.251 e. The zero-order chi connectivity index (χ0) is 19.4. The van der Waals surface area contributed by atoms with E-state index in [1.165, 1.54) is 30.3 Å². The third-order valence-electron chi connectivity index (χ3n) is 4.38. The Morgan fingerprint density at radius 2 is 1.93 bits per heavy atom. The predicted octanol–water partition coefficient (Wildman–Crippen LogP) is 3.52. The fourth-order valence-electron chi connectivity index (χ4n) is 2.93. The predicted molar refractivity (Wildman–Crippen MR) is 98.3 cm³/mol. The van der Waals surface area contributed by atoms with Crippen LogP contribution in [0.5, 0.6) is 0 Å². The number of carbonyl (C=O) groups excluding carboxylic acids is 1. The maximum absolute atomic E-state index is 14.5. The Hall–Kier alpha value is -3.09. The van der Waals surface area contributed by atoms with Gasteiger partial charge in [-0.1, -0.05) is 12.1 Å². The van der Waals surface area contributed by atoms with Crippen molar-refractivity contribution >= 4 is 5.91 Å². The first kappa shape index (κ1) is 18.7. The van der Waals surface area contributed by atoms with Crippen molar-refractivity contribution in [1.82, 2.24) is 20.1 Å². The van der Waals surface area contributed by atoms with Crippen LogP contribution in [-0.2, 0) is 13.0 Å². The zero-order valence-electron chi connectivity index (χ0n) is 15.2. The summed E-state index contributed by atoms with van der Waals surface area (Å²) in [6.07, 6.45) is 2.18. The molecule has 0 fully saturated rings. The molecule has 0 saturated carbocycles. The van der Waals surface area contributed by atoms with Crippen LogP contribution in [0.4, 0.5) is 8.78 Å². The summed E-state index contributed by atoms with van der Waals surface area (Å²) in [7, 11) is 0. The van der Waals surface area contributed by atoms with Gasteiger partial charge in [0.05, 0.1) is 0 Å². The van der Waals surface area contributed by atoms with Gasteiger partial charge in [-0.15, -0.1) is 10.2 Å². The fraction of sp³-hybridized carbons (Fsp3) is 0.250. The Bertz CT molecular complexity index is 968. The molecule has 1 heterocycles. The highest BCUT2D eigenvalue weighted by atomic mass is 19.1. The van der Waals surface area contributed by atoms with E-state index < -0.39 is 5.82 Å². The van der Waals surface area contributed by atoms with Gasteiger partial charge in [-0.05, 0) is 49.2 Å². The Balaban J connectivity index is 1.68. The molecule has 0 atom stereocenters. The monoisotopic (exact) mass is 370 g/mol. The highest BCUT2D eigenvalue weighted by Crippen LogP contribution is 2.27. The Labute approximate surface area is 156 Å². The van der Waals surface area contributed by atoms with Crippen molar-refractivity contribution in [2.24, 2.45) is 0 Å². The molecule has 7 heteroatoms. The third kappa shape index (κ3) is 4.19. The average molecular weight is 370 g/mol. The first-order valence-electron chi connectivity index (χ1n) is 8.70. The summed E-state index contributed by atoms with van der Waals surface area (Å²) in [6.45, 7) is 4.83. The van der Waals surface area contributed by atoms with Crippen LogP contribution in [0.15, 0.2) is 42.7 Å². The van der Waals surface area contributed by atoms with E-state index >= 15 is 0 Å². The number of amides is 1. The van der Waals surface area contributed by atoms with Crippen molar-refractivity contribution in [1.29, 1.82) is 0 Å². The van der Waals surface area contributed by atoms with Crippen molar-refractivity contribution in [3.8, 4) is 11.1 Å². The first-order chi connectivity index (χ1) is 13.0. The number of halogens is 2. The minimum Gasteiger partial charge on any atom is -0.352 e. The summed E-state index contributed by atoms with van der Waals surface area (Å²) in [6, 6.07) is 8.47. The van der Waals surface area contributed by atoms with Crippen molar-refractivity contribution in [2.45, 2.75) is 26.8 Å². The highest BCUT2D eigenvalue weighted by molar-refractivity contribution is 5.94. The molecular formula is C20H20F2N4O. The van der Waals surface area contributed by atoms with Crippen molar-refractivity contribution in [3.63, 3.8) is 0 Å². The number of hydrogen-bond donors (Lipinski definition) is 1. The van der Waals surface area contributed by atoms with Crippen molar-refractivity contribution in [2.75, 3.05) is 6.54 Å². The number of benzene rings is 2. The number of carbonyl (C=O) groups is 1. The molecule has 0 aliphatic carbocycles. The molecule has 27 heavy (non-hydrogen) atoms. The standard InChI is InChI=1S/C20H20F2N4O/c1-3-26-12-24-25-19(26)8-9-23-20(27)14-4-6-17(18(22)11-14)16-7-5-15(21)10-13(16)2/h4-7,10-12H,3,8-9H2,1-2H3,(H,23,27). The number of aryl methyl sites for hydroxylation is 2. The van der Waals surface area contributed by atoms with Gasteiger partial charge in [0, 0.05) is 30.6 Å². The van der Waals surface area contributed by atoms with Crippen LogP contribution in [0.2, 0.25) is 0 Å². The minimum absolute atomic E-state index is 0.230. The SMILES string of the molecule is CCn1cnnc1CCNC(=O)c1ccc(-c2ccc(F)cc2C)c(F)c1. The molecular weight excluding hydrogens is 350 g/mol. The maximum Gasteiger partial charge on any atom is 0.251 e. The van der Waals surface area contributed by atoms with E-state index in [0.717, 1.165) is 12.4 Å².